The summed E-state index contributed by atoms with van der Waals surface area (Å²) in [5.74, 6) is -0.235. The number of pyridine rings is 1. The number of nitrogens with zero attached hydrogens (tertiary/aromatic N) is 5. The van der Waals surface area contributed by atoms with Crippen LogP contribution in [0.1, 0.15) is 75.6 Å². The van der Waals surface area contributed by atoms with Crippen molar-refractivity contribution in [3.63, 3.8) is 0 Å². The minimum absolute atomic E-state index is 0.0132. The molecule has 0 radical (unpaired) electrons. The summed E-state index contributed by atoms with van der Waals surface area (Å²) >= 11 is 0. The molecule has 0 unspecified atom stereocenters. The fraction of sp³-hybridized carbons (Fsp3) is 0.667. The molecular formula is C24H32F3N5O2. The standard InChI is InChI=1S/C24H32F3N5O2/c1-31(16-8-6-7-9-16)21(33)15-13-19-22(29-30-32(19)2)18-12-14-20(23(28-18)24(25,26)27)34-17-10-4-3-5-11-17/h12,14,16-17H,3-11,13,15H2,1-2H3. The molecule has 2 aliphatic carbocycles. The van der Waals surface area contributed by atoms with Crippen LogP contribution in [0.4, 0.5) is 13.2 Å². The molecule has 34 heavy (non-hydrogen) atoms. The highest BCUT2D eigenvalue weighted by atomic mass is 19.4. The van der Waals surface area contributed by atoms with Crippen molar-refractivity contribution in [2.45, 2.75) is 89.0 Å². The van der Waals surface area contributed by atoms with Crippen LogP contribution >= 0.6 is 0 Å². The molecule has 0 N–H and O–H groups in total. The van der Waals surface area contributed by atoms with Crippen LogP contribution in [0.2, 0.25) is 0 Å². The first-order valence-electron chi connectivity index (χ1n) is 12.1. The van der Waals surface area contributed by atoms with Crippen LogP contribution in [-0.4, -0.2) is 50.0 Å². The van der Waals surface area contributed by atoms with Gasteiger partial charge in [0.2, 0.25) is 5.91 Å². The number of hydrogen-bond acceptors (Lipinski definition) is 5. The van der Waals surface area contributed by atoms with E-state index < -0.39 is 11.9 Å². The van der Waals surface area contributed by atoms with E-state index in [2.05, 4.69) is 15.3 Å². The minimum atomic E-state index is -4.66. The molecule has 0 atom stereocenters. The van der Waals surface area contributed by atoms with E-state index in [0.717, 1.165) is 57.8 Å². The van der Waals surface area contributed by atoms with Crippen molar-refractivity contribution >= 4 is 5.91 Å². The molecule has 2 heterocycles. The summed E-state index contributed by atoms with van der Waals surface area (Å²) < 4.78 is 48.8. The summed E-state index contributed by atoms with van der Waals surface area (Å²) in [4.78, 5) is 18.4. The van der Waals surface area contributed by atoms with E-state index in [0.29, 0.717) is 12.1 Å². The normalized spacial score (nSPS) is 17.8. The number of ether oxygens (including phenoxy) is 1. The quantitative estimate of drug-likeness (QED) is 0.562. The van der Waals surface area contributed by atoms with Gasteiger partial charge in [0.25, 0.3) is 0 Å². The molecule has 10 heteroatoms. The molecule has 186 valence electrons. The summed E-state index contributed by atoms with van der Waals surface area (Å²) in [7, 11) is 3.49. The van der Waals surface area contributed by atoms with Crippen LogP contribution in [0.15, 0.2) is 12.1 Å². The summed E-state index contributed by atoms with van der Waals surface area (Å²) in [5.41, 5.74) is -0.143. The molecule has 2 aliphatic rings. The Morgan fingerprint density at radius 3 is 2.47 bits per heavy atom. The lowest BCUT2D eigenvalue weighted by Gasteiger charge is -2.24. The van der Waals surface area contributed by atoms with Crippen molar-refractivity contribution in [2.75, 3.05) is 7.05 Å². The fourth-order valence-corrected chi connectivity index (χ4v) is 4.99. The van der Waals surface area contributed by atoms with E-state index >= 15 is 0 Å². The SMILES string of the molecule is CN(C(=O)CCc1c(-c2ccc(OC3CCCCC3)c(C(F)(F)F)n2)nnn1C)C1CCCC1. The van der Waals surface area contributed by atoms with Gasteiger partial charge in [-0.2, -0.15) is 13.2 Å². The third kappa shape index (κ3) is 5.52. The fourth-order valence-electron chi connectivity index (χ4n) is 4.99. The van der Waals surface area contributed by atoms with Crippen LogP contribution in [0.3, 0.4) is 0 Å². The zero-order valence-corrected chi connectivity index (χ0v) is 19.8. The first kappa shape index (κ1) is 24.5. The zero-order valence-electron chi connectivity index (χ0n) is 19.8. The lowest BCUT2D eigenvalue weighted by molar-refractivity contribution is -0.143. The summed E-state index contributed by atoms with van der Waals surface area (Å²) in [5, 5.41) is 8.06. The van der Waals surface area contributed by atoms with Gasteiger partial charge in [0.05, 0.1) is 17.5 Å². The molecule has 0 bridgehead atoms. The molecule has 0 aliphatic heterocycles. The Labute approximate surface area is 197 Å². The van der Waals surface area contributed by atoms with E-state index in [9.17, 15) is 18.0 Å². The molecule has 2 saturated carbocycles. The van der Waals surface area contributed by atoms with E-state index in [1.165, 1.54) is 16.8 Å². The Hall–Kier alpha value is -2.65. The molecule has 0 saturated heterocycles. The molecule has 0 spiro atoms. The number of halogens is 3. The van der Waals surface area contributed by atoms with Crippen molar-refractivity contribution < 1.29 is 22.7 Å². The molecule has 0 aromatic carbocycles. The van der Waals surface area contributed by atoms with Crippen molar-refractivity contribution in [3.05, 3.63) is 23.5 Å². The lowest BCUT2D eigenvalue weighted by Crippen LogP contribution is -2.35. The van der Waals surface area contributed by atoms with Gasteiger partial charge in [-0.1, -0.05) is 24.5 Å². The maximum absolute atomic E-state index is 13.9. The summed E-state index contributed by atoms with van der Waals surface area (Å²) in [6.45, 7) is 0. The number of carbonyl (C=O) groups excluding carboxylic acids is 1. The van der Waals surface area contributed by atoms with Crippen LogP contribution in [0.5, 0.6) is 5.75 Å². The number of aromatic nitrogens is 4. The van der Waals surface area contributed by atoms with Gasteiger partial charge in [0.1, 0.15) is 5.69 Å². The minimum Gasteiger partial charge on any atom is -0.488 e. The average Bonchev–Trinajstić information content (AvgIpc) is 3.47. The van der Waals surface area contributed by atoms with E-state index in [4.69, 9.17) is 4.74 Å². The van der Waals surface area contributed by atoms with E-state index in [1.807, 2.05) is 7.05 Å². The topological polar surface area (TPSA) is 73.1 Å². The third-order valence-corrected chi connectivity index (χ3v) is 7.00. The maximum Gasteiger partial charge on any atom is 0.437 e. The highest BCUT2D eigenvalue weighted by molar-refractivity contribution is 5.76. The molecule has 2 aromatic rings. The maximum atomic E-state index is 13.9. The van der Waals surface area contributed by atoms with Gasteiger partial charge >= 0.3 is 6.18 Å². The van der Waals surface area contributed by atoms with Crippen LogP contribution in [0, 0.1) is 0 Å². The molecule has 1 amide bonds. The van der Waals surface area contributed by atoms with Gasteiger partial charge in [0.15, 0.2) is 11.4 Å². The zero-order chi connectivity index (χ0) is 24.3. The van der Waals surface area contributed by atoms with Gasteiger partial charge in [-0.25, -0.2) is 4.98 Å². The highest BCUT2D eigenvalue weighted by Crippen LogP contribution is 2.38. The molecule has 2 fully saturated rings. The van der Waals surface area contributed by atoms with Gasteiger partial charge in [-0.05, 0) is 50.7 Å². The second-order valence-corrected chi connectivity index (χ2v) is 9.37. The third-order valence-electron chi connectivity index (χ3n) is 7.00. The van der Waals surface area contributed by atoms with Crippen LogP contribution in [0.25, 0.3) is 11.4 Å². The Balaban J connectivity index is 1.54. The predicted octanol–water partition coefficient (Wildman–Crippen LogP) is 4.94. The number of carbonyl (C=O) groups is 1. The predicted molar refractivity (Wildman–Crippen MR) is 120 cm³/mol. The van der Waals surface area contributed by atoms with Gasteiger partial charge in [-0.3, -0.25) is 9.48 Å². The van der Waals surface area contributed by atoms with Gasteiger partial charge in [-0.15, -0.1) is 5.10 Å². The number of amides is 1. The summed E-state index contributed by atoms with van der Waals surface area (Å²) in [6.07, 6.45) is 4.43. The first-order valence-corrected chi connectivity index (χ1v) is 12.1. The lowest BCUT2D eigenvalue weighted by atomic mass is 9.98. The van der Waals surface area contributed by atoms with Crippen molar-refractivity contribution in [1.82, 2.24) is 24.9 Å². The number of aryl methyl sites for hydroxylation is 1. The molecule has 2 aromatic heterocycles. The van der Waals surface area contributed by atoms with E-state index in [1.54, 1.807) is 11.9 Å². The molecule has 4 rings (SSSR count). The Kier molecular flexibility index (Phi) is 7.42. The highest BCUT2D eigenvalue weighted by Gasteiger charge is 2.38. The number of hydrogen-bond donors (Lipinski definition) is 0. The second kappa shape index (κ2) is 10.3. The van der Waals surface area contributed by atoms with Crippen molar-refractivity contribution in [3.8, 4) is 17.1 Å². The number of alkyl halides is 3. The van der Waals surface area contributed by atoms with Crippen LogP contribution in [-0.2, 0) is 24.4 Å². The Morgan fingerprint density at radius 2 is 1.79 bits per heavy atom. The molecule has 7 nitrogen and oxygen atoms in total. The largest absolute Gasteiger partial charge is 0.488 e. The molecular weight excluding hydrogens is 447 g/mol. The van der Waals surface area contributed by atoms with E-state index in [-0.39, 0.29) is 41.6 Å². The average molecular weight is 480 g/mol. The van der Waals surface area contributed by atoms with Crippen molar-refractivity contribution in [2.24, 2.45) is 7.05 Å². The Morgan fingerprint density at radius 1 is 1.12 bits per heavy atom. The van der Waals surface area contributed by atoms with Crippen molar-refractivity contribution in [1.29, 1.82) is 0 Å². The first-order chi connectivity index (χ1) is 16.2. The number of rotatable bonds is 7. The van der Waals surface area contributed by atoms with Crippen LogP contribution < -0.4 is 4.74 Å². The monoisotopic (exact) mass is 479 g/mol. The smallest absolute Gasteiger partial charge is 0.437 e. The Bertz CT molecular complexity index is 995. The van der Waals surface area contributed by atoms with Gasteiger partial charge < -0.3 is 9.64 Å². The van der Waals surface area contributed by atoms with Gasteiger partial charge in [0, 0.05) is 33.0 Å². The second-order valence-electron chi connectivity index (χ2n) is 9.37. The summed E-state index contributed by atoms with van der Waals surface area (Å²) in [6, 6.07) is 3.09.